The molecule has 46 heavy (non-hydrogen) atoms. The van der Waals surface area contributed by atoms with Crippen molar-refractivity contribution in [1.29, 1.82) is 0 Å². The average Bonchev–Trinajstić information content (AvgIpc) is 2.96. The van der Waals surface area contributed by atoms with Gasteiger partial charge in [-0.2, -0.15) is 13.2 Å². The Morgan fingerprint density at radius 3 is 2.00 bits per heavy atom. The number of pyridine rings is 1. The van der Waals surface area contributed by atoms with Crippen molar-refractivity contribution in [3.8, 4) is 0 Å². The smallest absolute Gasteiger partial charge is 0.415 e. The number of ether oxygens (including phenoxy) is 1. The van der Waals surface area contributed by atoms with E-state index in [9.17, 15) is 27.6 Å². The lowest BCUT2D eigenvalue weighted by molar-refractivity contribution is -0.210. The Kier molecular flexibility index (Phi) is 12.0. The van der Waals surface area contributed by atoms with Gasteiger partial charge in [-0.3, -0.25) is 14.9 Å². The standard InChI is InChI=1S/C34H44F3N3O5Si/c1-23(2)29(30(34(35,36)37)45-46(6,7)33(3,4)5)39-28(41)21-40-20-26(18-24-14-10-8-11-15-24)19-27(31(40)42)38-32(43)44-22-25-16-12-9-13-17-25/h8-17,19-20,23,29-30H,18,21-22H2,1-7H3,(H,38,43)(H,39,41). The third-order valence-electron chi connectivity index (χ3n) is 8.08. The maximum absolute atomic E-state index is 14.4. The highest BCUT2D eigenvalue weighted by atomic mass is 28.4. The largest absolute Gasteiger partial charge is 0.444 e. The van der Waals surface area contributed by atoms with Crippen LogP contribution in [-0.2, 0) is 33.5 Å². The summed E-state index contributed by atoms with van der Waals surface area (Å²) in [5, 5.41) is 4.47. The summed E-state index contributed by atoms with van der Waals surface area (Å²) < 4.78 is 55.5. The van der Waals surface area contributed by atoms with E-state index in [1.54, 1.807) is 51.2 Å². The van der Waals surface area contributed by atoms with Crippen LogP contribution in [0.5, 0.6) is 0 Å². The van der Waals surface area contributed by atoms with Crippen LogP contribution in [0, 0.1) is 5.92 Å². The van der Waals surface area contributed by atoms with Crippen LogP contribution in [0.25, 0.3) is 0 Å². The SMILES string of the molecule is CC(C)C(NC(=O)Cn1cc(Cc2ccccc2)cc(NC(=O)OCc2ccccc2)c1=O)C(O[Si](C)(C)C(C)(C)C)C(F)(F)F. The molecule has 8 nitrogen and oxygen atoms in total. The highest BCUT2D eigenvalue weighted by Crippen LogP contribution is 2.41. The number of nitrogens with one attached hydrogen (secondary N) is 2. The number of amides is 2. The maximum Gasteiger partial charge on any atom is 0.415 e. The number of carbonyl (C=O) groups is 2. The summed E-state index contributed by atoms with van der Waals surface area (Å²) in [5.41, 5.74) is 1.40. The molecule has 0 spiro atoms. The number of alkyl halides is 3. The summed E-state index contributed by atoms with van der Waals surface area (Å²) in [6.07, 6.45) is -6.03. The van der Waals surface area contributed by atoms with Crippen LogP contribution in [0.1, 0.15) is 51.3 Å². The van der Waals surface area contributed by atoms with Crippen LogP contribution in [0.3, 0.4) is 0 Å². The molecule has 0 radical (unpaired) electrons. The molecule has 250 valence electrons. The van der Waals surface area contributed by atoms with Gasteiger partial charge in [-0.15, -0.1) is 0 Å². The molecular formula is C34H44F3N3O5Si. The molecule has 0 bridgehead atoms. The molecule has 2 unspecified atom stereocenters. The van der Waals surface area contributed by atoms with E-state index < -0.39 is 61.7 Å². The lowest BCUT2D eigenvalue weighted by atomic mass is 9.98. The van der Waals surface area contributed by atoms with Gasteiger partial charge < -0.3 is 19.0 Å². The fourth-order valence-electron chi connectivity index (χ4n) is 4.52. The predicted octanol–water partition coefficient (Wildman–Crippen LogP) is 7.28. The molecule has 0 fully saturated rings. The zero-order valence-corrected chi connectivity index (χ0v) is 28.4. The molecule has 12 heteroatoms. The number of nitrogens with zero attached hydrogens (tertiary/aromatic N) is 1. The van der Waals surface area contributed by atoms with Crippen molar-refractivity contribution in [1.82, 2.24) is 9.88 Å². The first kappa shape index (κ1) is 36.6. The minimum atomic E-state index is -4.75. The van der Waals surface area contributed by atoms with Crippen molar-refractivity contribution >= 4 is 26.0 Å². The Bertz CT molecular complexity index is 1520. The van der Waals surface area contributed by atoms with Gasteiger partial charge in [0.25, 0.3) is 5.56 Å². The van der Waals surface area contributed by atoms with E-state index in [4.69, 9.17) is 9.16 Å². The molecule has 3 rings (SSSR count). The molecule has 0 aliphatic rings. The number of hydrogen-bond acceptors (Lipinski definition) is 5. The molecule has 3 aromatic rings. The zero-order valence-electron chi connectivity index (χ0n) is 27.4. The molecule has 0 saturated heterocycles. The first-order chi connectivity index (χ1) is 21.4. The highest BCUT2D eigenvalue weighted by Gasteiger charge is 2.52. The molecule has 1 heterocycles. The lowest BCUT2D eigenvalue weighted by Gasteiger charge is -2.42. The van der Waals surface area contributed by atoms with Crippen LogP contribution in [0.15, 0.2) is 77.7 Å². The fraction of sp³-hybridized carbons (Fsp3) is 0.441. The second-order valence-corrected chi connectivity index (χ2v) is 18.0. The third kappa shape index (κ3) is 10.3. The van der Waals surface area contributed by atoms with Crippen molar-refractivity contribution < 1.29 is 31.9 Å². The van der Waals surface area contributed by atoms with Gasteiger partial charge in [0.1, 0.15) is 18.8 Å². The van der Waals surface area contributed by atoms with Gasteiger partial charge in [-0.25, -0.2) is 4.79 Å². The van der Waals surface area contributed by atoms with Crippen LogP contribution in [0.4, 0.5) is 23.7 Å². The summed E-state index contributed by atoms with van der Waals surface area (Å²) in [5.74, 6) is -1.44. The zero-order chi connectivity index (χ0) is 34.3. The van der Waals surface area contributed by atoms with Gasteiger partial charge in [-0.05, 0) is 53.2 Å². The van der Waals surface area contributed by atoms with Crippen LogP contribution < -0.4 is 16.2 Å². The Morgan fingerprint density at radius 2 is 1.48 bits per heavy atom. The summed E-state index contributed by atoms with van der Waals surface area (Å²) in [6, 6.07) is 18.4. The van der Waals surface area contributed by atoms with Gasteiger partial charge in [0.05, 0.1) is 6.04 Å². The average molecular weight is 660 g/mol. The third-order valence-corrected chi connectivity index (χ3v) is 12.5. The minimum absolute atomic E-state index is 0.0269. The second kappa shape index (κ2) is 15.1. The number of aromatic nitrogens is 1. The normalized spacial score (nSPS) is 13.6. The summed E-state index contributed by atoms with van der Waals surface area (Å²) in [6.45, 7) is 11.5. The molecule has 2 aromatic carbocycles. The molecule has 1 aromatic heterocycles. The van der Waals surface area contributed by atoms with E-state index in [-0.39, 0.29) is 12.3 Å². The summed E-state index contributed by atoms with van der Waals surface area (Å²) in [4.78, 5) is 39.4. The van der Waals surface area contributed by atoms with Gasteiger partial charge in [0.15, 0.2) is 14.4 Å². The van der Waals surface area contributed by atoms with Crippen LogP contribution in [0.2, 0.25) is 18.1 Å². The monoisotopic (exact) mass is 659 g/mol. The molecule has 0 aliphatic carbocycles. The molecule has 2 N–H and O–H groups in total. The Morgan fingerprint density at radius 1 is 0.913 bits per heavy atom. The number of anilines is 1. The van der Waals surface area contributed by atoms with Gasteiger partial charge in [-0.1, -0.05) is 95.3 Å². The van der Waals surface area contributed by atoms with Gasteiger partial charge >= 0.3 is 12.3 Å². The van der Waals surface area contributed by atoms with Crippen molar-refractivity contribution in [2.24, 2.45) is 5.92 Å². The van der Waals surface area contributed by atoms with E-state index >= 15 is 0 Å². The first-order valence-corrected chi connectivity index (χ1v) is 18.1. The second-order valence-electron chi connectivity index (χ2n) is 13.2. The quantitative estimate of drug-likeness (QED) is 0.199. The van der Waals surface area contributed by atoms with Crippen molar-refractivity contribution in [2.75, 3.05) is 5.32 Å². The van der Waals surface area contributed by atoms with E-state index in [1.165, 1.54) is 12.3 Å². The van der Waals surface area contributed by atoms with E-state index in [2.05, 4.69) is 10.6 Å². The Labute approximate surface area is 269 Å². The van der Waals surface area contributed by atoms with Gasteiger partial charge in [0, 0.05) is 6.20 Å². The maximum atomic E-state index is 14.4. The van der Waals surface area contributed by atoms with E-state index in [1.807, 2.05) is 57.2 Å². The Balaban J connectivity index is 1.89. The van der Waals surface area contributed by atoms with E-state index in [0.29, 0.717) is 12.0 Å². The van der Waals surface area contributed by atoms with Crippen molar-refractivity contribution in [3.05, 3.63) is 100.0 Å². The highest BCUT2D eigenvalue weighted by molar-refractivity contribution is 6.74. The number of benzene rings is 2. The number of carbonyl (C=O) groups excluding carboxylic acids is 2. The van der Waals surface area contributed by atoms with E-state index in [0.717, 1.165) is 15.7 Å². The molecule has 0 saturated carbocycles. The topological polar surface area (TPSA) is 98.7 Å². The molecular weight excluding hydrogens is 615 g/mol. The summed E-state index contributed by atoms with van der Waals surface area (Å²) in [7, 11) is -2.90. The molecule has 2 atom stereocenters. The number of rotatable bonds is 12. The molecule has 0 aliphatic heterocycles. The summed E-state index contributed by atoms with van der Waals surface area (Å²) >= 11 is 0. The van der Waals surface area contributed by atoms with Crippen LogP contribution in [-0.4, -0.2) is 43.2 Å². The van der Waals surface area contributed by atoms with Crippen molar-refractivity contribution in [3.63, 3.8) is 0 Å². The number of halogens is 3. The Hall–Kier alpha value is -3.90. The predicted molar refractivity (Wildman–Crippen MR) is 175 cm³/mol. The van der Waals surface area contributed by atoms with Crippen LogP contribution >= 0.6 is 0 Å². The minimum Gasteiger partial charge on any atom is -0.444 e. The van der Waals surface area contributed by atoms with Crippen molar-refractivity contribution in [2.45, 2.75) is 90.6 Å². The first-order valence-electron chi connectivity index (χ1n) is 15.2. The number of hydrogen-bond donors (Lipinski definition) is 2. The lowest BCUT2D eigenvalue weighted by Crippen LogP contribution is -2.59. The van der Waals surface area contributed by atoms with Gasteiger partial charge in [0.2, 0.25) is 5.91 Å². The fourth-order valence-corrected chi connectivity index (χ4v) is 5.79. The molecule has 2 amide bonds.